The van der Waals surface area contributed by atoms with Gasteiger partial charge in [0.1, 0.15) is 67.7 Å². The number of nitrogens with zero attached hydrogens (tertiary/aromatic N) is 31. The van der Waals surface area contributed by atoms with Gasteiger partial charge in [-0.2, -0.15) is 35.2 Å². The summed E-state index contributed by atoms with van der Waals surface area (Å²) in [7, 11) is 9.42. The average Bonchev–Trinajstić information content (AvgIpc) is 3.68. The third-order valence-corrected chi connectivity index (χ3v) is 13.4. The van der Waals surface area contributed by atoms with Crippen LogP contribution in [0.3, 0.4) is 0 Å². The minimum Gasteiger partial charge on any atom is -0.426 e. The van der Waals surface area contributed by atoms with Gasteiger partial charge in [0, 0.05) is 78.4 Å². The van der Waals surface area contributed by atoms with Crippen LogP contribution in [0.15, 0.2) is 27.1 Å². The van der Waals surface area contributed by atoms with Crippen LogP contribution in [0.25, 0.3) is 0 Å². The standard InChI is InChI=1S/5C5H9N3.6C4H6N2O.2C4H6N2S/c1-4-6-7-5(2)8(4)3;2*1-4-6-5(2)8(3)7-4;1-4-5(2)8(3)7-6-4;1-4-5(2)7-8(3)6-4;1-3-5-6-4(2)7-3;2*1-3-5-4(2)7-6-3;2*1-3-4(2)7-6-5-3;1-3-4(2)6-7-5-3;1-3-5-6-4(2)7-3;1-3-4(2)7-6-5-3/h5*1-3H3;8*1-2H3. The maximum absolute atomic E-state index is 4.86. The summed E-state index contributed by atoms with van der Waals surface area (Å²) in [6, 6.07) is 0. The van der Waals surface area contributed by atoms with Crippen LogP contribution in [-0.2, 0) is 35.2 Å². The molecular weight excluding hydrogens is 1280 g/mol. The minimum atomic E-state index is 0.623. The third-order valence-electron chi connectivity index (χ3n) is 12.0. The zero-order valence-corrected chi connectivity index (χ0v) is 62.8. The molecule has 0 aliphatic carbocycles. The highest BCUT2D eigenvalue weighted by molar-refractivity contribution is 7.11. The van der Waals surface area contributed by atoms with Gasteiger partial charge in [0.2, 0.25) is 23.6 Å². The van der Waals surface area contributed by atoms with Crippen LogP contribution < -0.4 is 0 Å². The first kappa shape index (κ1) is 83.7. The molecule has 13 aromatic heterocycles. The normalized spacial score (nSPS) is 9.61. The van der Waals surface area contributed by atoms with Crippen molar-refractivity contribution in [2.75, 3.05) is 0 Å². The molecule has 0 spiro atoms. The molecule has 13 heterocycles. The van der Waals surface area contributed by atoms with E-state index >= 15 is 0 Å². The zero-order chi connectivity index (χ0) is 72.9. The first-order chi connectivity index (χ1) is 44.9. The molecule has 0 unspecified atom stereocenters. The van der Waals surface area contributed by atoms with Gasteiger partial charge in [0.25, 0.3) is 0 Å². The fraction of sp³-hybridized carbons (Fsp3) is 0.544. The molecule has 0 N–H and O–H groups in total. The summed E-state index contributed by atoms with van der Waals surface area (Å²) >= 11 is 3.06. The molecule has 0 atom stereocenters. The van der Waals surface area contributed by atoms with Gasteiger partial charge in [0.05, 0.1) is 28.5 Å². The Morgan fingerprint density at radius 1 is 0.323 bits per heavy atom. The Bertz CT molecular complexity index is 3490. The van der Waals surface area contributed by atoms with Crippen molar-refractivity contribution >= 4 is 22.9 Å². The summed E-state index contributed by atoms with van der Waals surface area (Å²) in [5, 5.41) is 79.9. The van der Waals surface area contributed by atoms with Crippen LogP contribution in [0.5, 0.6) is 0 Å². The number of aryl methyl sites for hydroxylation is 29. The number of rotatable bonds is 0. The number of aromatic nitrogens is 31. The molecule has 0 radical (unpaired) electrons. The average molecular weight is 1370 g/mol. The Morgan fingerprint density at radius 3 is 0.844 bits per heavy atom. The van der Waals surface area contributed by atoms with E-state index in [2.05, 4.69) is 155 Å². The fourth-order valence-electron chi connectivity index (χ4n) is 5.56. The van der Waals surface area contributed by atoms with Gasteiger partial charge >= 0.3 is 0 Å². The number of hydrogen-bond acceptors (Lipinski definition) is 34. The maximum Gasteiger partial charge on any atom is 0.223 e. The van der Waals surface area contributed by atoms with Crippen molar-refractivity contribution in [2.45, 2.75) is 180 Å². The van der Waals surface area contributed by atoms with E-state index in [0.29, 0.717) is 35.2 Å². The first-order valence-electron chi connectivity index (χ1n) is 29.2. The molecule has 0 bridgehead atoms. The summed E-state index contributed by atoms with van der Waals surface area (Å²) < 4.78 is 38.6. The van der Waals surface area contributed by atoms with Crippen molar-refractivity contribution in [2.24, 2.45) is 35.2 Å². The Kier molecular flexibility index (Phi) is 37.9. The van der Waals surface area contributed by atoms with Crippen LogP contribution in [0.1, 0.15) is 148 Å². The lowest BCUT2D eigenvalue weighted by molar-refractivity contribution is 0.302. The second-order valence-corrected chi connectivity index (χ2v) is 22.7. The molecule has 524 valence electrons. The molecule has 39 heteroatoms. The highest BCUT2D eigenvalue weighted by Crippen LogP contribution is 2.06. The van der Waals surface area contributed by atoms with Crippen LogP contribution >= 0.6 is 22.9 Å². The van der Waals surface area contributed by atoms with E-state index in [4.69, 9.17) is 4.42 Å². The molecule has 0 saturated carbocycles. The summed E-state index contributed by atoms with van der Waals surface area (Å²) in [4.78, 5) is 18.6. The van der Waals surface area contributed by atoms with Crippen molar-refractivity contribution in [1.82, 2.24) is 156 Å². The van der Waals surface area contributed by atoms with Crippen LogP contribution in [0.2, 0.25) is 0 Å². The molecule has 0 aromatic carbocycles. The second-order valence-electron chi connectivity index (χ2n) is 20.3. The van der Waals surface area contributed by atoms with E-state index in [0.717, 1.165) is 108 Å². The van der Waals surface area contributed by atoms with E-state index in [-0.39, 0.29) is 0 Å². The highest BCUT2D eigenvalue weighted by Gasteiger charge is 2.01. The molecular formula is C57H93N31O6S2. The molecule has 0 saturated heterocycles. The zero-order valence-electron chi connectivity index (χ0n) is 61.1. The molecule has 0 amide bonds. The molecule has 13 aromatic rings. The lowest BCUT2D eigenvalue weighted by atomic mass is 10.4. The van der Waals surface area contributed by atoms with Crippen molar-refractivity contribution in [3.63, 3.8) is 0 Å². The molecule has 0 fully saturated rings. The Morgan fingerprint density at radius 2 is 0.740 bits per heavy atom. The maximum atomic E-state index is 4.86. The van der Waals surface area contributed by atoms with E-state index in [9.17, 15) is 0 Å². The van der Waals surface area contributed by atoms with Gasteiger partial charge in [-0.3, -0.25) is 14.0 Å². The second kappa shape index (κ2) is 43.5. The van der Waals surface area contributed by atoms with Crippen molar-refractivity contribution in [3.05, 3.63) is 148 Å². The predicted molar refractivity (Wildman–Crippen MR) is 354 cm³/mol. The molecule has 0 aliphatic rings. The van der Waals surface area contributed by atoms with Gasteiger partial charge < -0.3 is 27.1 Å². The van der Waals surface area contributed by atoms with E-state index in [1.165, 1.54) is 16.4 Å². The van der Waals surface area contributed by atoms with Gasteiger partial charge in [-0.05, 0) is 164 Å². The van der Waals surface area contributed by atoms with E-state index in [1.54, 1.807) is 71.7 Å². The lowest BCUT2D eigenvalue weighted by Crippen LogP contribution is -1.92. The summed E-state index contributed by atoms with van der Waals surface area (Å²) in [5.74, 6) is 11.0. The van der Waals surface area contributed by atoms with Gasteiger partial charge in [-0.15, -0.1) is 62.3 Å². The Hall–Kier alpha value is -10.3. The van der Waals surface area contributed by atoms with Crippen molar-refractivity contribution < 1.29 is 27.1 Å². The largest absolute Gasteiger partial charge is 0.426 e. The van der Waals surface area contributed by atoms with Crippen LogP contribution in [0, 0.1) is 180 Å². The monoisotopic (exact) mass is 1370 g/mol. The third kappa shape index (κ3) is 35.1. The van der Waals surface area contributed by atoms with Gasteiger partial charge in [-0.25, -0.2) is 14.6 Å². The molecule has 13 rings (SSSR count). The van der Waals surface area contributed by atoms with Crippen LogP contribution in [0.4, 0.5) is 0 Å². The van der Waals surface area contributed by atoms with Gasteiger partial charge in [0.15, 0.2) is 23.2 Å². The summed E-state index contributed by atoms with van der Waals surface area (Å²) in [6.07, 6.45) is 0. The van der Waals surface area contributed by atoms with Gasteiger partial charge in [-0.1, -0.05) is 30.3 Å². The predicted octanol–water partition coefficient (Wildman–Crippen LogP) is 8.59. The van der Waals surface area contributed by atoms with Crippen molar-refractivity contribution in [3.8, 4) is 0 Å². The quantitative estimate of drug-likeness (QED) is 0.137. The topological polar surface area (TPSA) is 439 Å². The number of hydrogen-bond donors (Lipinski definition) is 0. The smallest absolute Gasteiger partial charge is 0.223 e. The molecule has 96 heavy (non-hydrogen) atoms. The van der Waals surface area contributed by atoms with Crippen molar-refractivity contribution in [1.29, 1.82) is 0 Å². The fourth-order valence-corrected chi connectivity index (χ4v) is 6.61. The lowest BCUT2D eigenvalue weighted by Gasteiger charge is -1.90. The molecule has 0 aliphatic heterocycles. The molecule has 37 nitrogen and oxygen atoms in total. The Balaban J connectivity index is 0.000000520. The highest BCUT2D eigenvalue weighted by atomic mass is 32.1. The first-order valence-corrected chi connectivity index (χ1v) is 30.8. The van der Waals surface area contributed by atoms with Crippen LogP contribution in [-0.4, -0.2) is 156 Å². The van der Waals surface area contributed by atoms with E-state index < -0.39 is 0 Å². The summed E-state index contributed by atoms with van der Waals surface area (Å²) in [5.41, 5.74) is 8.64. The minimum absolute atomic E-state index is 0.623. The van der Waals surface area contributed by atoms with E-state index in [1.807, 2.05) is 178 Å². The SMILES string of the molecule is Cc1nc(C)n(C)n1.Cc1nc(C)n(C)n1.Cc1nn(C)nc1C.Cc1nnc(C)n1C.Cc1nnc(C)o1.Cc1nnc(C)s1.Cc1nnn(C)c1C.Cc1nnoc1C.Cc1nnoc1C.Cc1nnsc1C.Cc1noc(C)n1.Cc1noc(C)n1.Cc1nonc1C. The summed E-state index contributed by atoms with van der Waals surface area (Å²) in [6.45, 7) is 48.9. The Labute approximate surface area is 566 Å².